The van der Waals surface area contributed by atoms with Gasteiger partial charge in [-0.3, -0.25) is 9.78 Å². The van der Waals surface area contributed by atoms with Gasteiger partial charge >= 0.3 is 0 Å². The second kappa shape index (κ2) is 7.18. The molecule has 2 rings (SSSR count). The number of hydrogen-bond donors (Lipinski definition) is 0. The molecule has 1 aromatic carbocycles. The molecular formula is C16H15ClFNO2. The third-order valence-corrected chi connectivity index (χ3v) is 3.26. The van der Waals surface area contributed by atoms with Gasteiger partial charge in [-0.05, 0) is 24.6 Å². The van der Waals surface area contributed by atoms with Gasteiger partial charge in [-0.2, -0.15) is 0 Å². The van der Waals surface area contributed by atoms with Crippen LogP contribution in [0.5, 0.6) is 5.75 Å². The number of carbonyl (C=O) groups excluding carboxylic acids is 1. The van der Waals surface area contributed by atoms with Gasteiger partial charge in [0.05, 0.1) is 12.8 Å². The highest BCUT2D eigenvalue weighted by Crippen LogP contribution is 2.21. The largest absolute Gasteiger partial charge is 0.492 e. The number of nitrogens with zero attached hydrogens (tertiary/aromatic N) is 1. The summed E-state index contributed by atoms with van der Waals surface area (Å²) in [5.41, 5.74) is 0.576. The summed E-state index contributed by atoms with van der Waals surface area (Å²) in [4.78, 5) is 16.2. The first-order valence-electron chi connectivity index (χ1n) is 6.65. The molecule has 0 unspecified atom stereocenters. The smallest absolute Gasteiger partial charge is 0.169 e. The molecule has 2 aromatic rings. The van der Waals surface area contributed by atoms with E-state index < -0.39 is 5.82 Å². The Morgan fingerprint density at radius 2 is 2.19 bits per heavy atom. The molecule has 0 aliphatic rings. The van der Waals surface area contributed by atoms with E-state index in [1.807, 2.05) is 6.92 Å². The first kappa shape index (κ1) is 15.4. The summed E-state index contributed by atoms with van der Waals surface area (Å²) < 4.78 is 19.1. The van der Waals surface area contributed by atoms with E-state index in [9.17, 15) is 9.18 Å². The Morgan fingerprint density at radius 1 is 1.38 bits per heavy atom. The minimum Gasteiger partial charge on any atom is -0.492 e. The number of rotatable bonds is 6. The fourth-order valence-electron chi connectivity index (χ4n) is 1.83. The molecule has 0 saturated carbocycles. The van der Waals surface area contributed by atoms with Crippen molar-refractivity contribution in [3.8, 4) is 5.75 Å². The summed E-state index contributed by atoms with van der Waals surface area (Å²) in [6.45, 7) is 2.54. The molecule has 0 saturated heterocycles. The first-order valence-corrected chi connectivity index (χ1v) is 7.03. The van der Waals surface area contributed by atoms with E-state index in [-0.39, 0.29) is 22.8 Å². The first-order chi connectivity index (χ1) is 10.1. The number of hydrogen-bond acceptors (Lipinski definition) is 3. The van der Waals surface area contributed by atoms with Crippen molar-refractivity contribution in [1.29, 1.82) is 0 Å². The van der Waals surface area contributed by atoms with E-state index in [1.165, 1.54) is 18.3 Å². The topological polar surface area (TPSA) is 39.2 Å². The van der Waals surface area contributed by atoms with Gasteiger partial charge in [0.2, 0.25) is 0 Å². The van der Waals surface area contributed by atoms with Crippen LogP contribution in [-0.2, 0) is 6.42 Å². The Labute approximate surface area is 127 Å². The Bertz CT molecular complexity index is 626. The minimum atomic E-state index is -0.484. The summed E-state index contributed by atoms with van der Waals surface area (Å²) in [5.74, 6) is -0.207. The van der Waals surface area contributed by atoms with E-state index in [4.69, 9.17) is 16.3 Å². The lowest BCUT2D eigenvalue weighted by Crippen LogP contribution is -2.07. The maximum Gasteiger partial charge on any atom is 0.169 e. The van der Waals surface area contributed by atoms with Crippen molar-refractivity contribution in [3.63, 3.8) is 0 Å². The Balaban J connectivity index is 2.17. The highest BCUT2D eigenvalue weighted by molar-refractivity contribution is 6.31. The molecule has 0 radical (unpaired) electrons. The van der Waals surface area contributed by atoms with E-state index in [0.29, 0.717) is 17.9 Å². The van der Waals surface area contributed by atoms with Gasteiger partial charge in [-0.25, -0.2) is 4.39 Å². The van der Waals surface area contributed by atoms with Gasteiger partial charge in [0.1, 0.15) is 11.6 Å². The molecule has 1 heterocycles. The van der Waals surface area contributed by atoms with Gasteiger partial charge in [0.15, 0.2) is 5.78 Å². The Hall–Kier alpha value is -1.94. The predicted molar refractivity (Wildman–Crippen MR) is 79.5 cm³/mol. The Morgan fingerprint density at radius 3 is 2.90 bits per heavy atom. The summed E-state index contributed by atoms with van der Waals surface area (Å²) >= 11 is 5.93. The maximum absolute atomic E-state index is 13.7. The molecular weight excluding hydrogens is 293 g/mol. The van der Waals surface area contributed by atoms with Crippen LogP contribution in [0, 0.1) is 5.82 Å². The van der Waals surface area contributed by atoms with Crippen LogP contribution in [0.15, 0.2) is 36.7 Å². The lowest BCUT2D eigenvalue weighted by Gasteiger charge is -2.07. The fourth-order valence-corrected chi connectivity index (χ4v) is 2.06. The summed E-state index contributed by atoms with van der Waals surface area (Å²) in [7, 11) is 0. The SMILES string of the molecule is CCCOc1cncc(C(=O)Cc2c(F)cccc2Cl)c1. The van der Waals surface area contributed by atoms with Crippen molar-refractivity contribution in [1.82, 2.24) is 4.98 Å². The van der Waals surface area contributed by atoms with Crippen LogP contribution in [0.3, 0.4) is 0 Å². The number of ether oxygens (including phenoxy) is 1. The van der Waals surface area contributed by atoms with E-state index in [1.54, 1.807) is 18.3 Å². The molecule has 0 N–H and O–H groups in total. The zero-order valence-corrected chi connectivity index (χ0v) is 12.4. The summed E-state index contributed by atoms with van der Waals surface area (Å²) in [5, 5.41) is 0.245. The lowest BCUT2D eigenvalue weighted by atomic mass is 10.0. The molecule has 0 aliphatic carbocycles. The second-order valence-corrected chi connectivity index (χ2v) is 4.97. The molecule has 0 amide bonds. The minimum absolute atomic E-state index is 0.107. The fraction of sp³-hybridized carbons (Fsp3) is 0.250. The summed E-state index contributed by atoms with van der Waals surface area (Å²) in [6.07, 6.45) is 3.74. The van der Waals surface area contributed by atoms with Crippen molar-refractivity contribution in [2.24, 2.45) is 0 Å². The van der Waals surface area contributed by atoms with Crippen LogP contribution in [-0.4, -0.2) is 17.4 Å². The number of pyridine rings is 1. The third-order valence-electron chi connectivity index (χ3n) is 2.91. The second-order valence-electron chi connectivity index (χ2n) is 4.56. The van der Waals surface area contributed by atoms with Crippen LogP contribution in [0.2, 0.25) is 5.02 Å². The molecule has 0 fully saturated rings. The van der Waals surface area contributed by atoms with Gasteiger partial charge in [-0.15, -0.1) is 0 Å². The molecule has 0 spiro atoms. The number of aromatic nitrogens is 1. The van der Waals surface area contributed by atoms with Crippen LogP contribution < -0.4 is 4.74 Å². The van der Waals surface area contributed by atoms with Crippen molar-refractivity contribution in [2.45, 2.75) is 19.8 Å². The quantitative estimate of drug-likeness (QED) is 0.755. The molecule has 0 atom stereocenters. The van der Waals surface area contributed by atoms with Crippen LogP contribution in [0.1, 0.15) is 29.3 Å². The number of benzene rings is 1. The van der Waals surface area contributed by atoms with Gasteiger partial charge in [0.25, 0.3) is 0 Å². The third kappa shape index (κ3) is 4.02. The van der Waals surface area contributed by atoms with Gasteiger partial charge < -0.3 is 4.74 Å². The number of Topliss-reactive ketones (excluding diaryl/α,β-unsaturated/α-hetero) is 1. The lowest BCUT2D eigenvalue weighted by molar-refractivity contribution is 0.0991. The molecule has 110 valence electrons. The van der Waals surface area contributed by atoms with Crippen molar-refractivity contribution < 1.29 is 13.9 Å². The van der Waals surface area contributed by atoms with E-state index in [0.717, 1.165) is 6.42 Å². The summed E-state index contributed by atoms with van der Waals surface area (Å²) in [6, 6.07) is 5.96. The molecule has 1 aromatic heterocycles. The number of carbonyl (C=O) groups is 1. The predicted octanol–water partition coefficient (Wildman–Crippen LogP) is 4.09. The van der Waals surface area contributed by atoms with E-state index >= 15 is 0 Å². The van der Waals surface area contributed by atoms with Crippen molar-refractivity contribution >= 4 is 17.4 Å². The monoisotopic (exact) mass is 307 g/mol. The van der Waals surface area contributed by atoms with Gasteiger partial charge in [0, 0.05) is 28.8 Å². The van der Waals surface area contributed by atoms with Crippen molar-refractivity contribution in [3.05, 3.63) is 58.6 Å². The zero-order chi connectivity index (χ0) is 15.2. The standard InChI is InChI=1S/C16H15ClFNO2/c1-2-6-21-12-7-11(9-19-10-12)16(20)8-13-14(17)4-3-5-15(13)18/h3-5,7,9-10H,2,6,8H2,1H3. The van der Waals surface area contributed by atoms with Crippen LogP contribution in [0.4, 0.5) is 4.39 Å². The maximum atomic E-state index is 13.7. The molecule has 3 nitrogen and oxygen atoms in total. The van der Waals surface area contributed by atoms with Crippen LogP contribution >= 0.6 is 11.6 Å². The normalized spacial score (nSPS) is 10.4. The molecule has 21 heavy (non-hydrogen) atoms. The molecule has 0 bridgehead atoms. The van der Waals surface area contributed by atoms with Crippen LogP contribution in [0.25, 0.3) is 0 Å². The highest BCUT2D eigenvalue weighted by atomic mass is 35.5. The van der Waals surface area contributed by atoms with Crippen molar-refractivity contribution in [2.75, 3.05) is 6.61 Å². The van der Waals surface area contributed by atoms with Gasteiger partial charge in [-0.1, -0.05) is 24.6 Å². The molecule has 0 aliphatic heterocycles. The molecule has 5 heteroatoms. The highest BCUT2D eigenvalue weighted by Gasteiger charge is 2.14. The zero-order valence-electron chi connectivity index (χ0n) is 11.6. The van der Waals surface area contributed by atoms with E-state index in [2.05, 4.69) is 4.98 Å². The number of ketones is 1. The average Bonchev–Trinajstić information content (AvgIpc) is 2.49. The number of halogens is 2. The Kier molecular flexibility index (Phi) is 5.28. The average molecular weight is 308 g/mol.